The molecule has 1 unspecified atom stereocenters. The van der Waals surface area contributed by atoms with Crippen molar-refractivity contribution in [2.75, 3.05) is 19.7 Å². The molecule has 2 aliphatic rings. The number of ether oxygens (including phenoxy) is 1. The van der Waals surface area contributed by atoms with Gasteiger partial charge in [0.15, 0.2) is 0 Å². The van der Waals surface area contributed by atoms with E-state index in [9.17, 15) is 13.2 Å². The third-order valence-corrected chi connectivity index (χ3v) is 5.93. The zero-order valence-electron chi connectivity index (χ0n) is 17.3. The normalized spacial score (nSPS) is 18.5. The molecule has 3 heterocycles. The van der Waals surface area contributed by atoms with Crippen LogP contribution < -0.4 is 4.74 Å². The lowest BCUT2D eigenvalue weighted by molar-refractivity contribution is -0.137. The molecule has 4 nitrogen and oxygen atoms in total. The van der Waals surface area contributed by atoms with Gasteiger partial charge in [-0.25, -0.2) is 0 Å². The number of hydrogen-bond acceptors (Lipinski definition) is 4. The van der Waals surface area contributed by atoms with E-state index in [4.69, 9.17) is 9.73 Å². The quantitative estimate of drug-likeness (QED) is 0.513. The maximum absolute atomic E-state index is 12.9. The molecule has 0 amide bonds. The lowest BCUT2D eigenvalue weighted by Crippen LogP contribution is -2.32. The van der Waals surface area contributed by atoms with Crippen LogP contribution in [-0.2, 0) is 6.18 Å². The van der Waals surface area contributed by atoms with Gasteiger partial charge < -0.3 is 9.64 Å². The average Bonchev–Trinajstić information content (AvgIpc) is 3.19. The first-order valence-electron chi connectivity index (χ1n) is 10.7. The van der Waals surface area contributed by atoms with Gasteiger partial charge in [0.2, 0.25) is 0 Å². The van der Waals surface area contributed by atoms with Crippen molar-refractivity contribution in [1.82, 2.24) is 9.88 Å². The molecule has 1 atom stereocenters. The number of aromatic nitrogens is 1. The van der Waals surface area contributed by atoms with Crippen molar-refractivity contribution < 1.29 is 17.9 Å². The first-order chi connectivity index (χ1) is 15.5. The number of fused-ring (bicyclic) bond motifs is 1. The molecule has 3 aromatic rings. The largest absolute Gasteiger partial charge is 0.491 e. The van der Waals surface area contributed by atoms with Gasteiger partial charge in [0.1, 0.15) is 18.2 Å². The molecule has 164 valence electrons. The SMILES string of the molecule is FC(F)(F)c1ccc(-c2ccc3c(c2)C(N2CCCC2c2ccccn2)=NCCO3)cc1. The summed E-state index contributed by atoms with van der Waals surface area (Å²) in [7, 11) is 0. The third kappa shape index (κ3) is 3.95. The van der Waals surface area contributed by atoms with Crippen LogP contribution in [0.5, 0.6) is 5.75 Å². The fourth-order valence-corrected chi connectivity index (χ4v) is 4.40. The molecule has 2 aromatic carbocycles. The number of rotatable bonds is 2. The second-order valence-electron chi connectivity index (χ2n) is 7.95. The Hall–Kier alpha value is -3.35. The molecule has 0 aliphatic carbocycles. The van der Waals surface area contributed by atoms with E-state index in [1.807, 2.05) is 36.4 Å². The summed E-state index contributed by atoms with van der Waals surface area (Å²) in [5.41, 5.74) is 2.76. The minimum Gasteiger partial charge on any atom is -0.491 e. The van der Waals surface area contributed by atoms with Crippen molar-refractivity contribution in [3.05, 3.63) is 83.7 Å². The molecule has 1 aromatic heterocycles. The van der Waals surface area contributed by atoms with Crippen molar-refractivity contribution >= 4 is 5.84 Å². The van der Waals surface area contributed by atoms with E-state index < -0.39 is 11.7 Å². The van der Waals surface area contributed by atoms with Crippen molar-refractivity contribution in [2.24, 2.45) is 4.99 Å². The van der Waals surface area contributed by atoms with Crippen LogP contribution in [0, 0.1) is 0 Å². The van der Waals surface area contributed by atoms with E-state index in [0.29, 0.717) is 18.7 Å². The van der Waals surface area contributed by atoms with Crippen molar-refractivity contribution in [2.45, 2.75) is 25.1 Å². The molecule has 1 fully saturated rings. The molecule has 7 heteroatoms. The zero-order chi connectivity index (χ0) is 22.1. The molecule has 0 bridgehead atoms. The number of hydrogen-bond donors (Lipinski definition) is 0. The van der Waals surface area contributed by atoms with Crippen LogP contribution in [0.3, 0.4) is 0 Å². The summed E-state index contributed by atoms with van der Waals surface area (Å²) in [6.07, 6.45) is -0.517. The van der Waals surface area contributed by atoms with Crippen molar-refractivity contribution in [3.8, 4) is 16.9 Å². The minimum absolute atomic E-state index is 0.135. The number of likely N-dealkylation sites (tertiary alicyclic amines) is 1. The van der Waals surface area contributed by atoms with Gasteiger partial charge in [-0.3, -0.25) is 9.98 Å². The lowest BCUT2D eigenvalue weighted by atomic mass is 10.00. The Balaban J connectivity index is 1.52. The first-order valence-corrected chi connectivity index (χ1v) is 10.7. The predicted molar refractivity (Wildman–Crippen MR) is 117 cm³/mol. The van der Waals surface area contributed by atoms with E-state index in [1.54, 1.807) is 6.20 Å². The van der Waals surface area contributed by atoms with Crippen LogP contribution in [0.25, 0.3) is 11.1 Å². The fourth-order valence-electron chi connectivity index (χ4n) is 4.40. The van der Waals surface area contributed by atoms with E-state index in [0.717, 1.165) is 59.9 Å². The Bertz CT molecular complexity index is 1130. The van der Waals surface area contributed by atoms with Gasteiger partial charge in [-0.2, -0.15) is 13.2 Å². The number of nitrogens with zero attached hydrogens (tertiary/aromatic N) is 3. The minimum atomic E-state index is -4.35. The number of alkyl halides is 3. The molecule has 2 aliphatic heterocycles. The molecular formula is C25H22F3N3O. The standard InChI is InChI=1S/C25H22F3N3O/c26-25(27,28)19-9-6-17(7-10-19)18-8-11-23-20(16-18)24(30-13-15-32-23)31-14-3-5-22(31)21-4-1-2-12-29-21/h1-2,4,6-12,16,22H,3,5,13-15H2. The summed E-state index contributed by atoms with van der Waals surface area (Å²) in [6.45, 7) is 1.90. The van der Waals surface area contributed by atoms with Gasteiger partial charge in [0, 0.05) is 12.7 Å². The summed E-state index contributed by atoms with van der Waals surface area (Å²) in [5.74, 6) is 1.60. The molecule has 5 rings (SSSR count). The van der Waals surface area contributed by atoms with E-state index >= 15 is 0 Å². The maximum atomic E-state index is 12.9. The van der Waals surface area contributed by atoms with Crippen molar-refractivity contribution in [1.29, 1.82) is 0 Å². The summed E-state index contributed by atoms with van der Waals surface area (Å²) in [5, 5.41) is 0. The second kappa shape index (κ2) is 8.30. The Kier molecular flexibility index (Phi) is 5.33. The molecule has 0 saturated carbocycles. The number of aliphatic imine (C=N–C) groups is 1. The summed E-state index contributed by atoms with van der Waals surface area (Å²) in [6, 6.07) is 17.0. The highest BCUT2D eigenvalue weighted by Gasteiger charge is 2.32. The van der Waals surface area contributed by atoms with Crippen LogP contribution in [0.4, 0.5) is 13.2 Å². The monoisotopic (exact) mass is 437 g/mol. The maximum Gasteiger partial charge on any atom is 0.416 e. The molecule has 1 saturated heterocycles. The average molecular weight is 437 g/mol. The third-order valence-electron chi connectivity index (χ3n) is 5.93. The van der Waals surface area contributed by atoms with Gasteiger partial charge in [-0.1, -0.05) is 24.3 Å². The summed E-state index contributed by atoms with van der Waals surface area (Å²) >= 11 is 0. The highest BCUT2D eigenvalue weighted by molar-refractivity contribution is 6.03. The Labute approximate surface area is 184 Å². The van der Waals surface area contributed by atoms with Gasteiger partial charge in [-0.05, 0) is 60.4 Å². The number of benzene rings is 2. The molecular weight excluding hydrogens is 415 g/mol. The Morgan fingerprint density at radius 3 is 2.53 bits per heavy atom. The molecule has 32 heavy (non-hydrogen) atoms. The van der Waals surface area contributed by atoms with Crippen LogP contribution in [0.1, 0.15) is 35.7 Å². The smallest absolute Gasteiger partial charge is 0.416 e. The highest BCUT2D eigenvalue weighted by Crippen LogP contribution is 2.37. The second-order valence-corrected chi connectivity index (χ2v) is 7.95. The highest BCUT2D eigenvalue weighted by atomic mass is 19.4. The van der Waals surface area contributed by atoms with Crippen LogP contribution in [0.2, 0.25) is 0 Å². The number of halogens is 3. The number of pyridine rings is 1. The van der Waals surface area contributed by atoms with E-state index in [1.165, 1.54) is 12.1 Å². The summed E-state index contributed by atoms with van der Waals surface area (Å²) < 4.78 is 44.8. The van der Waals surface area contributed by atoms with Crippen LogP contribution in [0.15, 0.2) is 71.9 Å². The van der Waals surface area contributed by atoms with Gasteiger partial charge >= 0.3 is 6.18 Å². The summed E-state index contributed by atoms with van der Waals surface area (Å²) in [4.78, 5) is 11.7. The lowest BCUT2D eigenvalue weighted by Gasteiger charge is -2.28. The molecule has 0 N–H and O–H groups in total. The molecule has 0 spiro atoms. The van der Waals surface area contributed by atoms with Crippen LogP contribution >= 0.6 is 0 Å². The first kappa shape index (κ1) is 20.5. The van der Waals surface area contributed by atoms with Gasteiger partial charge in [-0.15, -0.1) is 0 Å². The predicted octanol–water partition coefficient (Wildman–Crippen LogP) is 5.74. The van der Waals surface area contributed by atoms with E-state index in [2.05, 4.69) is 9.88 Å². The zero-order valence-corrected chi connectivity index (χ0v) is 17.3. The molecule has 0 radical (unpaired) electrons. The Morgan fingerprint density at radius 2 is 1.78 bits per heavy atom. The fraction of sp³-hybridized carbons (Fsp3) is 0.280. The van der Waals surface area contributed by atoms with Crippen molar-refractivity contribution in [3.63, 3.8) is 0 Å². The topological polar surface area (TPSA) is 37.7 Å². The number of amidine groups is 1. The van der Waals surface area contributed by atoms with E-state index in [-0.39, 0.29) is 6.04 Å². The van der Waals surface area contributed by atoms with Crippen LogP contribution in [-0.4, -0.2) is 35.4 Å². The Morgan fingerprint density at radius 1 is 0.969 bits per heavy atom. The van der Waals surface area contributed by atoms with Gasteiger partial charge in [0.05, 0.1) is 29.4 Å². The van der Waals surface area contributed by atoms with Gasteiger partial charge in [0.25, 0.3) is 0 Å².